The number of imidazole rings is 1. The smallest absolute Gasteiger partial charge is 0.336 e. The number of aromatic nitrogens is 4. The lowest BCUT2D eigenvalue weighted by molar-refractivity contribution is -0.0552. The number of rotatable bonds is 10. The number of fused-ring (bicyclic) bond motifs is 1. The van der Waals surface area contributed by atoms with Gasteiger partial charge in [0.25, 0.3) is 7.52 Å². The maximum atomic E-state index is 12.1. The van der Waals surface area contributed by atoms with Crippen LogP contribution in [0.1, 0.15) is 51.2 Å². The molecule has 0 amide bonds. The molecule has 5 fully saturated rings. The first-order valence-electron chi connectivity index (χ1n) is 13.6. The zero-order chi connectivity index (χ0) is 28.4. The summed E-state index contributed by atoms with van der Waals surface area (Å²) in [6.45, 7) is 0.272. The van der Waals surface area contributed by atoms with Crippen molar-refractivity contribution >= 4 is 43.7 Å². The van der Waals surface area contributed by atoms with Crippen LogP contribution in [0.4, 0.5) is 5.82 Å². The van der Waals surface area contributed by atoms with Gasteiger partial charge in [0.05, 0.1) is 6.33 Å². The maximum Gasteiger partial charge on any atom is 0.336 e. The van der Waals surface area contributed by atoms with Gasteiger partial charge in [0, 0.05) is 13.1 Å². The van der Waals surface area contributed by atoms with Crippen molar-refractivity contribution in [2.45, 2.75) is 69.5 Å². The van der Waals surface area contributed by atoms with Crippen LogP contribution in [0, 0.1) is 23.2 Å². The predicted octanol–water partition coefficient (Wildman–Crippen LogP) is 2.03. The molecule has 222 valence electrons. The number of halogens is 1. The lowest BCUT2D eigenvalue weighted by atomic mass is 9.49. The molecule has 1 aliphatic heterocycles. The first-order valence-corrected chi connectivity index (χ1v) is 17.6. The zero-order valence-electron chi connectivity index (χ0n) is 21.7. The van der Waals surface area contributed by atoms with Crippen molar-refractivity contribution in [3.8, 4) is 0 Å². The third kappa shape index (κ3) is 5.86. The Morgan fingerprint density at radius 2 is 1.70 bits per heavy atom. The van der Waals surface area contributed by atoms with Crippen molar-refractivity contribution in [3.05, 3.63) is 11.6 Å². The highest BCUT2D eigenvalue weighted by Crippen LogP contribution is 2.61. The number of hydrogen-bond acceptors (Lipinski definition) is 9. The van der Waals surface area contributed by atoms with Crippen molar-refractivity contribution in [1.82, 2.24) is 24.6 Å². The fraction of sp³-hybridized carbons (Fsp3) is 0.783. The molecule has 4 aliphatic carbocycles. The number of aliphatic hydroxyl groups excluding tert-OH is 2. The van der Waals surface area contributed by atoms with Crippen LogP contribution in [-0.4, -0.2) is 81.7 Å². The van der Waals surface area contributed by atoms with Crippen molar-refractivity contribution in [2.24, 2.45) is 23.2 Å². The molecule has 40 heavy (non-hydrogen) atoms. The SMILES string of the molecule is O=P(O)(O)CP(=O)(O)NCC1OC(n2cnc3c(NCCC45CC6CC(CC(C6)C4)C5)nc(Cl)nc32)C(O)C1O. The Kier molecular flexibility index (Phi) is 7.60. The number of aliphatic hydroxyl groups is 2. The van der Waals surface area contributed by atoms with E-state index in [1.807, 2.05) is 0 Å². The van der Waals surface area contributed by atoms with E-state index in [4.69, 9.17) is 26.1 Å². The molecule has 14 nitrogen and oxygen atoms in total. The molecule has 2 aromatic heterocycles. The fourth-order valence-electron chi connectivity index (χ4n) is 7.90. The standard InChI is InChI=1S/C23H35ClN6O8P2/c24-22-28-19(25-2-1-23-6-12-3-13(7-23)5-14(4-12)8-23)16-20(29-22)30(10-26-16)21-18(32)17(31)15(38-21)9-27-39(33,34)11-40(35,36)37/h10,12-15,17-18,21,31-32H,1-9,11H2,(H,25,28,29)(H2,27,33,34)(H2,35,36,37). The molecule has 17 heteroatoms. The molecule has 5 unspecified atom stereocenters. The Hall–Kier alpha value is -1.18. The zero-order valence-corrected chi connectivity index (χ0v) is 24.3. The molecular weight excluding hydrogens is 586 g/mol. The Morgan fingerprint density at radius 1 is 1.05 bits per heavy atom. The van der Waals surface area contributed by atoms with Crippen molar-refractivity contribution in [3.63, 3.8) is 0 Å². The summed E-state index contributed by atoms with van der Waals surface area (Å²) in [4.78, 5) is 40.9. The summed E-state index contributed by atoms with van der Waals surface area (Å²) in [6.07, 6.45) is 5.26. The van der Waals surface area contributed by atoms with E-state index in [2.05, 4.69) is 25.4 Å². The topological polar surface area (TPSA) is 212 Å². The molecular formula is C23H35ClN6O8P2. The second kappa shape index (κ2) is 10.5. The minimum absolute atomic E-state index is 0.0311. The third-order valence-corrected chi connectivity index (χ3v) is 12.9. The lowest BCUT2D eigenvalue weighted by Gasteiger charge is -2.57. The number of anilines is 1. The van der Waals surface area contributed by atoms with Crippen LogP contribution in [-0.2, 0) is 13.9 Å². The first kappa shape index (κ1) is 28.9. The summed E-state index contributed by atoms with van der Waals surface area (Å²) in [5, 5.41) is 26.7. The van der Waals surface area contributed by atoms with Gasteiger partial charge in [0.1, 0.15) is 24.2 Å². The molecule has 4 saturated carbocycles. The maximum absolute atomic E-state index is 12.1. The van der Waals surface area contributed by atoms with Crippen LogP contribution in [0.2, 0.25) is 5.28 Å². The minimum Gasteiger partial charge on any atom is -0.387 e. The summed E-state index contributed by atoms with van der Waals surface area (Å²) >= 11 is 6.25. The highest BCUT2D eigenvalue weighted by molar-refractivity contribution is 7.71. The first-order chi connectivity index (χ1) is 18.8. The fourth-order valence-corrected chi connectivity index (χ4v) is 10.9. The Bertz CT molecular complexity index is 1340. The molecule has 4 bridgehead atoms. The number of nitrogens with one attached hydrogen (secondary N) is 2. The molecule has 0 aromatic carbocycles. The van der Waals surface area contributed by atoms with Crippen LogP contribution in [0.5, 0.6) is 0 Å². The lowest BCUT2D eigenvalue weighted by Crippen LogP contribution is -2.46. The van der Waals surface area contributed by atoms with Gasteiger partial charge in [-0.3, -0.25) is 13.7 Å². The number of nitrogens with zero attached hydrogens (tertiary/aromatic N) is 4. The highest BCUT2D eigenvalue weighted by atomic mass is 35.5. The quantitative estimate of drug-likeness (QED) is 0.150. The predicted molar refractivity (Wildman–Crippen MR) is 145 cm³/mol. The molecule has 2 aromatic rings. The molecule has 1 saturated heterocycles. The largest absolute Gasteiger partial charge is 0.387 e. The van der Waals surface area contributed by atoms with Crippen LogP contribution in [0.25, 0.3) is 11.2 Å². The Balaban J connectivity index is 1.14. The summed E-state index contributed by atoms with van der Waals surface area (Å²) in [7, 11) is -9.19. The molecule has 7 rings (SSSR count). The monoisotopic (exact) mass is 620 g/mol. The molecule has 7 N–H and O–H groups in total. The summed E-state index contributed by atoms with van der Waals surface area (Å²) in [5.74, 6) is 1.79. The van der Waals surface area contributed by atoms with Gasteiger partial charge < -0.3 is 34.9 Å². The second-order valence-electron chi connectivity index (χ2n) is 12.2. The minimum atomic E-state index is -4.76. The van der Waals surface area contributed by atoms with Crippen LogP contribution < -0.4 is 10.4 Å². The van der Waals surface area contributed by atoms with E-state index in [-0.39, 0.29) is 10.9 Å². The van der Waals surface area contributed by atoms with E-state index in [1.54, 1.807) is 0 Å². The van der Waals surface area contributed by atoms with Gasteiger partial charge in [-0.05, 0) is 79.7 Å². The van der Waals surface area contributed by atoms with E-state index in [0.717, 1.165) is 24.2 Å². The van der Waals surface area contributed by atoms with E-state index in [0.29, 0.717) is 23.3 Å². The van der Waals surface area contributed by atoms with Gasteiger partial charge in [-0.15, -0.1) is 0 Å². The van der Waals surface area contributed by atoms with E-state index in [9.17, 15) is 24.2 Å². The molecule has 3 heterocycles. The Morgan fingerprint density at radius 3 is 2.33 bits per heavy atom. The van der Waals surface area contributed by atoms with Gasteiger partial charge in [0.15, 0.2) is 23.2 Å². The Labute approximate surface area is 235 Å². The number of ether oxygens (including phenoxy) is 1. The molecule has 0 radical (unpaired) electrons. The van der Waals surface area contributed by atoms with Gasteiger partial charge in [0.2, 0.25) is 5.28 Å². The third-order valence-electron chi connectivity index (χ3n) is 9.03. The average Bonchev–Trinajstić information content (AvgIpc) is 3.36. The van der Waals surface area contributed by atoms with E-state index >= 15 is 0 Å². The summed E-state index contributed by atoms with van der Waals surface area (Å²) in [5.41, 5.74) is 1.08. The molecule has 0 spiro atoms. The van der Waals surface area contributed by atoms with Crippen molar-refractivity contribution in [2.75, 3.05) is 24.3 Å². The highest BCUT2D eigenvalue weighted by Gasteiger charge is 2.50. The van der Waals surface area contributed by atoms with Crippen LogP contribution in [0.15, 0.2) is 6.33 Å². The van der Waals surface area contributed by atoms with Gasteiger partial charge >= 0.3 is 7.60 Å². The van der Waals surface area contributed by atoms with E-state index < -0.39 is 52.1 Å². The average molecular weight is 621 g/mol. The van der Waals surface area contributed by atoms with Crippen molar-refractivity contribution < 1.29 is 38.8 Å². The van der Waals surface area contributed by atoms with Gasteiger partial charge in [-0.2, -0.15) is 9.97 Å². The van der Waals surface area contributed by atoms with Gasteiger partial charge in [-0.25, -0.2) is 10.1 Å². The number of hydrogen-bond donors (Lipinski definition) is 7. The normalized spacial score (nSPS) is 36.8. The summed E-state index contributed by atoms with van der Waals surface area (Å²) < 4.78 is 30.4. The van der Waals surface area contributed by atoms with Gasteiger partial charge in [-0.1, -0.05) is 0 Å². The molecule has 5 atom stereocenters. The summed E-state index contributed by atoms with van der Waals surface area (Å²) in [6, 6.07) is 0. The molecule has 5 aliphatic rings. The second-order valence-corrected chi connectivity index (χ2v) is 16.7. The van der Waals surface area contributed by atoms with Crippen molar-refractivity contribution in [1.29, 1.82) is 0 Å². The van der Waals surface area contributed by atoms with E-state index in [1.165, 1.54) is 49.4 Å². The van der Waals surface area contributed by atoms with Crippen LogP contribution >= 0.6 is 26.7 Å². The van der Waals surface area contributed by atoms with Crippen LogP contribution in [0.3, 0.4) is 0 Å².